The zero-order valence-electron chi connectivity index (χ0n) is 14.2. The summed E-state index contributed by atoms with van der Waals surface area (Å²) in [6, 6.07) is 10.4. The summed E-state index contributed by atoms with van der Waals surface area (Å²) in [6.45, 7) is 6.85. The molecule has 1 N–H and O–H groups in total. The van der Waals surface area contributed by atoms with Crippen molar-refractivity contribution in [2.45, 2.75) is 32.9 Å². The molecular weight excluding hydrogens is 320 g/mol. The number of benzene rings is 1. The third kappa shape index (κ3) is 4.16. The Morgan fingerprint density at radius 3 is 3.00 bits per heavy atom. The third-order valence-electron chi connectivity index (χ3n) is 4.29. The monoisotopic (exact) mass is 344 g/mol. The lowest BCUT2D eigenvalue weighted by atomic mass is 9.99. The van der Waals surface area contributed by atoms with Crippen LogP contribution in [0.4, 0.5) is 0 Å². The van der Waals surface area contributed by atoms with Crippen LogP contribution in [0.25, 0.3) is 0 Å². The first-order valence-corrected chi connectivity index (χ1v) is 9.33. The van der Waals surface area contributed by atoms with Gasteiger partial charge in [0.1, 0.15) is 5.75 Å². The van der Waals surface area contributed by atoms with E-state index in [1.807, 2.05) is 31.4 Å². The van der Waals surface area contributed by atoms with E-state index in [-0.39, 0.29) is 11.9 Å². The standard InChI is InChI=1S/C19H24N2O2S/c1-3-23-17-7-6-15-8-9-21(12-16(15)11-17)13-19(22)20-14(2)18-5-4-10-24-18/h4-7,10-11,14H,3,8-9,12-13H2,1-2H3,(H,20,22). The molecule has 0 saturated carbocycles. The number of amides is 1. The Labute approximate surface area is 147 Å². The van der Waals surface area contributed by atoms with E-state index in [1.165, 1.54) is 16.0 Å². The van der Waals surface area contributed by atoms with Crippen LogP contribution in [0.2, 0.25) is 0 Å². The van der Waals surface area contributed by atoms with Crippen molar-refractivity contribution in [1.82, 2.24) is 10.2 Å². The van der Waals surface area contributed by atoms with Crippen molar-refractivity contribution in [2.24, 2.45) is 0 Å². The summed E-state index contributed by atoms with van der Waals surface area (Å²) in [7, 11) is 0. The van der Waals surface area contributed by atoms with E-state index in [2.05, 4.69) is 28.4 Å². The Morgan fingerprint density at radius 2 is 2.25 bits per heavy atom. The van der Waals surface area contributed by atoms with E-state index >= 15 is 0 Å². The molecule has 1 aliphatic heterocycles. The fourth-order valence-electron chi connectivity index (χ4n) is 3.08. The van der Waals surface area contributed by atoms with Gasteiger partial charge in [-0.25, -0.2) is 0 Å². The molecule has 4 nitrogen and oxygen atoms in total. The van der Waals surface area contributed by atoms with Crippen molar-refractivity contribution in [2.75, 3.05) is 19.7 Å². The van der Waals surface area contributed by atoms with Gasteiger partial charge < -0.3 is 10.1 Å². The molecule has 5 heteroatoms. The number of carbonyl (C=O) groups excluding carboxylic acids is 1. The maximum atomic E-state index is 12.3. The number of hydrogen-bond donors (Lipinski definition) is 1. The van der Waals surface area contributed by atoms with Crippen LogP contribution in [0.1, 0.15) is 35.9 Å². The smallest absolute Gasteiger partial charge is 0.234 e. The Morgan fingerprint density at radius 1 is 1.38 bits per heavy atom. The van der Waals surface area contributed by atoms with Crippen molar-refractivity contribution in [3.63, 3.8) is 0 Å². The van der Waals surface area contributed by atoms with Gasteiger partial charge in [-0.1, -0.05) is 12.1 Å². The van der Waals surface area contributed by atoms with Gasteiger partial charge in [-0.15, -0.1) is 11.3 Å². The number of hydrogen-bond acceptors (Lipinski definition) is 4. The van der Waals surface area contributed by atoms with Gasteiger partial charge in [0, 0.05) is 18.0 Å². The second-order valence-electron chi connectivity index (χ2n) is 6.13. The van der Waals surface area contributed by atoms with Crippen LogP contribution in [0.15, 0.2) is 35.7 Å². The molecule has 0 radical (unpaired) electrons. The Hall–Kier alpha value is -1.85. The van der Waals surface area contributed by atoms with Gasteiger partial charge in [0.15, 0.2) is 0 Å². The number of ether oxygens (including phenoxy) is 1. The quantitative estimate of drug-likeness (QED) is 0.873. The molecule has 1 aromatic heterocycles. The summed E-state index contributed by atoms with van der Waals surface area (Å²) >= 11 is 1.67. The lowest BCUT2D eigenvalue weighted by molar-refractivity contribution is -0.123. The zero-order chi connectivity index (χ0) is 16.9. The maximum Gasteiger partial charge on any atom is 0.234 e. The van der Waals surface area contributed by atoms with Gasteiger partial charge >= 0.3 is 0 Å². The molecule has 3 rings (SSSR count). The van der Waals surface area contributed by atoms with Gasteiger partial charge in [-0.05, 0) is 55.0 Å². The molecule has 0 saturated heterocycles. The van der Waals surface area contributed by atoms with E-state index in [1.54, 1.807) is 11.3 Å². The first kappa shape index (κ1) is 17.0. The number of nitrogens with one attached hydrogen (secondary N) is 1. The minimum absolute atomic E-state index is 0.0686. The Balaban J connectivity index is 1.57. The minimum atomic E-state index is 0.0686. The van der Waals surface area contributed by atoms with Crippen LogP contribution in [0.3, 0.4) is 0 Å². The second kappa shape index (κ2) is 7.81. The van der Waals surface area contributed by atoms with Crippen LogP contribution in [-0.4, -0.2) is 30.5 Å². The molecule has 1 aromatic carbocycles. The normalized spacial score (nSPS) is 15.6. The number of carbonyl (C=O) groups is 1. The van der Waals surface area contributed by atoms with Gasteiger partial charge in [0.2, 0.25) is 5.91 Å². The van der Waals surface area contributed by atoms with Gasteiger partial charge in [-0.3, -0.25) is 9.69 Å². The van der Waals surface area contributed by atoms with E-state index in [9.17, 15) is 4.79 Å². The molecule has 0 aliphatic carbocycles. The van der Waals surface area contributed by atoms with E-state index in [0.717, 1.165) is 25.3 Å². The van der Waals surface area contributed by atoms with E-state index in [0.29, 0.717) is 13.2 Å². The highest BCUT2D eigenvalue weighted by atomic mass is 32.1. The highest BCUT2D eigenvalue weighted by Crippen LogP contribution is 2.24. The van der Waals surface area contributed by atoms with Crippen molar-refractivity contribution in [1.29, 1.82) is 0 Å². The van der Waals surface area contributed by atoms with E-state index < -0.39 is 0 Å². The van der Waals surface area contributed by atoms with Crippen LogP contribution >= 0.6 is 11.3 Å². The molecule has 1 aliphatic rings. The van der Waals surface area contributed by atoms with Crippen LogP contribution < -0.4 is 10.1 Å². The summed E-state index contributed by atoms with van der Waals surface area (Å²) in [4.78, 5) is 15.7. The SMILES string of the molecule is CCOc1ccc2c(c1)CN(CC(=O)NC(C)c1cccs1)CC2. The van der Waals surface area contributed by atoms with Gasteiger partial charge in [0.25, 0.3) is 0 Å². The van der Waals surface area contributed by atoms with Crippen molar-refractivity contribution >= 4 is 17.2 Å². The fourth-order valence-corrected chi connectivity index (χ4v) is 3.82. The highest BCUT2D eigenvalue weighted by Gasteiger charge is 2.20. The Kier molecular flexibility index (Phi) is 5.53. The lowest BCUT2D eigenvalue weighted by Gasteiger charge is -2.29. The molecule has 1 unspecified atom stereocenters. The summed E-state index contributed by atoms with van der Waals surface area (Å²) in [5.41, 5.74) is 2.63. The second-order valence-corrected chi connectivity index (χ2v) is 7.11. The molecule has 2 aromatic rings. The third-order valence-corrected chi connectivity index (χ3v) is 5.35. The summed E-state index contributed by atoms with van der Waals surface area (Å²) in [6.07, 6.45) is 0.982. The molecular formula is C19H24N2O2S. The number of thiophene rings is 1. The first-order chi connectivity index (χ1) is 11.7. The molecule has 24 heavy (non-hydrogen) atoms. The molecule has 2 heterocycles. The van der Waals surface area contributed by atoms with Gasteiger partial charge in [-0.2, -0.15) is 0 Å². The zero-order valence-corrected chi connectivity index (χ0v) is 15.1. The summed E-state index contributed by atoms with van der Waals surface area (Å²) in [5.74, 6) is 0.995. The molecule has 0 fully saturated rings. The highest BCUT2D eigenvalue weighted by molar-refractivity contribution is 7.10. The molecule has 0 spiro atoms. The summed E-state index contributed by atoms with van der Waals surface area (Å²) < 4.78 is 5.59. The average Bonchev–Trinajstić information content (AvgIpc) is 3.09. The van der Waals surface area contributed by atoms with Crippen molar-refractivity contribution in [3.8, 4) is 5.75 Å². The van der Waals surface area contributed by atoms with Crippen molar-refractivity contribution in [3.05, 3.63) is 51.7 Å². The Bertz CT molecular complexity index is 685. The lowest BCUT2D eigenvalue weighted by Crippen LogP contribution is -2.40. The molecule has 0 bridgehead atoms. The molecule has 1 atom stereocenters. The largest absolute Gasteiger partial charge is 0.494 e. The average molecular weight is 344 g/mol. The molecule has 128 valence electrons. The van der Waals surface area contributed by atoms with E-state index in [4.69, 9.17) is 4.74 Å². The predicted molar refractivity (Wildman–Crippen MR) is 97.5 cm³/mol. The first-order valence-electron chi connectivity index (χ1n) is 8.45. The van der Waals surface area contributed by atoms with Crippen LogP contribution in [0.5, 0.6) is 5.75 Å². The predicted octanol–water partition coefficient (Wildman–Crippen LogP) is 3.38. The van der Waals surface area contributed by atoms with Crippen LogP contribution in [-0.2, 0) is 17.8 Å². The minimum Gasteiger partial charge on any atom is -0.494 e. The topological polar surface area (TPSA) is 41.6 Å². The number of nitrogens with zero attached hydrogens (tertiary/aromatic N) is 1. The number of fused-ring (bicyclic) bond motifs is 1. The number of rotatable bonds is 6. The van der Waals surface area contributed by atoms with Gasteiger partial charge in [0.05, 0.1) is 19.2 Å². The molecule has 1 amide bonds. The fraction of sp³-hybridized carbons (Fsp3) is 0.421. The van der Waals surface area contributed by atoms with Crippen LogP contribution in [0, 0.1) is 0 Å². The maximum absolute atomic E-state index is 12.3. The van der Waals surface area contributed by atoms with Crippen molar-refractivity contribution < 1.29 is 9.53 Å². The summed E-state index contributed by atoms with van der Waals surface area (Å²) in [5, 5.41) is 5.13.